The molecule has 3 rings (SSSR count). The average Bonchev–Trinajstić information content (AvgIpc) is 2.76. The Morgan fingerprint density at radius 2 is 2.00 bits per heavy atom. The second kappa shape index (κ2) is 6.15. The van der Waals surface area contributed by atoms with Crippen molar-refractivity contribution in [2.24, 2.45) is 5.92 Å². The zero-order valence-corrected chi connectivity index (χ0v) is 12.6. The molecule has 3 heterocycles. The van der Waals surface area contributed by atoms with E-state index in [0.29, 0.717) is 0 Å². The highest BCUT2D eigenvalue weighted by atomic mass is 32.2. The number of piperidine rings is 1. The van der Waals surface area contributed by atoms with Crippen LogP contribution in [0.4, 0.5) is 0 Å². The predicted octanol–water partition coefficient (Wildman–Crippen LogP) is 2.73. The van der Waals surface area contributed by atoms with Gasteiger partial charge in [0.25, 0.3) is 0 Å². The van der Waals surface area contributed by atoms with Crippen LogP contribution >= 0.6 is 11.8 Å². The number of hydrogen-bond acceptors (Lipinski definition) is 3. The number of nitrogens with zero attached hydrogens (tertiary/aromatic N) is 1. The highest BCUT2D eigenvalue weighted by Gasteiger charge is 2.33. The van der Waals surface area contributed by atoms with Gasteiger partial charge in [-0.3, -0.25) is 0 Å². The molecule has 2 nitrogen and oxygen atoms in total. The highest BCUT2D eigenvalue weighted by molar-refractivity contribution is 8.00. The fraction of sp³-hybridized carbons (Fsp3) is 1.00. The summed E-state index contributed by atoms with van der Waals surface area (Å²) in [6.07, 6.45) is 8.60. The third-order valence-electron chi connectivity index (χ3n) is 5.10. The maximum Gasteiger partial charge on any atom is 0.0172 e. The Balaban J connectivity index is 1.41. The Hall–Kier alpha value is 0.270. The van der Waals surface area contributed by atoms with E-state index in [4.69, 9.17) is 0 Å². The van der Waals surface area contributed by atoms with Crippen LogP contribution in [0.25, 0.3) is 0 Å². The summed E-state index contributed by atoms with van der Waals surface area (Å²) in [7, 11) is 0. The van der Waals surface area contributed by atoms with Crippen molar-refractivity contribution >= 4 is 11.8 Å². The summed E-state index contributed by atoms with van der Waals surface area (Å²) in [5.74, 6) is 2.37. The van der Waals surface area contributed by atoms with Crippen molar-refractivity contribution in [3.8, 4) is 0 Å². The molecule has 3 aliphatic heterocycles. The molecule has 0 aromatic carbocycles. The monoisotopic (exact) mass is 268 g/mol. The van der Waals surface area contributed by atoms with Crippen molar-refractivity contribution in [3.63, 3.8) is 0 Å². The first-order valence-corrected chi connectivity index (χ1v) is 8.98. The molecule has 0 amide bonds. The molecule has 18 heavy (non-hydrogen) atoms. The van der Waals surface area contributed by atoms with Crippen LogP contribution in [0.2, 0.25) is 0 Å². The van der Waals surface area contributed by atoms with E-state index in [0.717, 1.165) is 23.3 Å². The third-order valence-corrected chi connectivity index (χ3v) is 6.47. The molecule has 2 bridgehead atoms. The summed E-state index contributed by atoms with van der Waals surface area (Å²) >= 11 is 2.19. The van der Waals surface area contributed by atoms with Gasteiger partial charge >= 0.3 is 0 Å². The molecule has 0 aromatic heterocycles. The Labute approximate surface area is 116 Å². The smallest absolute Gasteiger partial charge is 0.0172 e. The number of hydrogen-bond donors (Lipinski definition) is 1. The molecule has 0 radical (unpaired) electrons. The quantitative estimate of drug-likeness (QED) is 0.844. The van der Waals surface area contributed by atoms with Gasteiger partial charge < -0.3 is 10.2 Å². The summed E-state index contributed by atoms with van der Waals surface area (Å²) in [5.41, 5.74) is 0. The summed E-state index contributed by atoms with van der Waals surface area (Å²) in [5, 5.41) is 4.66. The molecular weight excluding hydrogens is 240 g/mol. The Bertz CT molecular complexity index is 259. The van der Waals surface area contributed by atoms with Gasteiger partial charge in [-0.05, 0) is 51.0 Å². The third kappa shape index (κ3) is 3.23. The summed E-state index contributed by atoms with van der Waals surface area (Å²) in [4.78, 5) is 2.73. The fourth-order valence-corrected chi connectivity index (χ4v) is 5.26. The Morgan fingerprint density at radius 1 is 1.22 bits per heavy atom. The number of fused-ring (bicyclic) bond motifs is 2. The molecule has 0 saturated carbocycles. The average molecular weight is 268 g/mol. The van der Waals surface area contributed by atoms with Crippen molar-refractivity contribution < 1.29 is 0 Å². The van der Waals surface area contributed by atoms with Gasteiger partial charge in [0.2, 0.25) is 0 Å². The van der Waals surface area contributed by atoms with E-state index >= 15 is 0 Å². The second-order valence-corrected chi connectivity index (χ2v) is 7.87. The van der Waals surface area contributed by atoms with E-state index < -0.39 is 0 Å². The molecule has 104 valence electrons. The summed E-state index contributed by atoms with van der Waals surface area (Å²) in [6.45, 7) is 6.38. The first kappa shape index (κ1) is 13.3. The maximum atomic E-state index is 3.76. The molecule has 3 unspecified atom stereocenters. The number of thioether (sulfide) groups is 1. The predicted molar refractivity (Wildman–Crippen MR) is 80.3 cm³/mol. The van der Waals surface area contributed by atoms with Crippen LogP contribution in [0.1, 0.15) is 45.4 Å². The second-order valence-electron chi connectivity index (χ2n) is 6.47. The SMILES string of the molecule is CCC1CN(CCC2CC3CCC(C2)N3)CCS1. The first-order chi connectivity index (χ1) is 8.83. The van der Waals surface area contributed by atoms with Gasteiger partial charge in [-0.15, -0.1) is 0 Å². The van der Waals surface area contributed by atoms with Crippen LogP contribution in [0.5, 0.6) is 0 Å². The standard InChI is InChI=1S/C15H28N2S/c1-2-15-11-17(7-8-18-15)6-5-12-9-13-3-4-14(10-12)16-13/h12-16H,2-11H2,1H3. The highest BCUT2D eigenvalue weighted by Crippen LogP contribution is 2.33. The molecule has 3 saturated heterocycles. The lowest BCUT2D eigenvalue weighted by atomic mass is 9.89. The first-order valence-electron chi connectivity index (χ1n) is 7.93. The molecule has 0 aliphatic carbocycles. The molecule has 3 atom stereocenters. The molecule has 0 spiro atoms. The Morgan fingerprint density at radius 3 is 2.72 bits per heavy atom. The minimum atomic E-state index is 0.869. The van der Waals surface area contributed by atoms with E-state index in [-0.39, 0.29) is 0 Å². The van der Waals surface area contributed by atoms with Gasteiger partial charge in [-0.2, -0.15) is 11.8 Å². The van der Waals surface area contributed by atoms with E-state index in [9.17, 15) is 0 Å². The van der Waals surface area contributed by atoms with Crippen LogP contribution in [0.3, 0.4) is 0 Å². The number of rotatable bonds is 4. The fourth-order valence-electron chi connectivity index (χ4n) is 4.01. The molecule has 1 N–H and O–H groups in total. The molecule has 3 fully saturated rings. The van der Waals surface area contributed by atoms with E-state index in [1.807, 2.05) is 0 Å². The van der Waals surface area contributed by atoms with Crippen molar-refractivity contribution in [3.05, 3.63) is 0 Å². The van der Waals surface area contributed by atoms with Gasteiger partial charge in [-0.1, -0.05) is 6.92 Å². The number of nitrogens with one attached hydrogen (secondary N) is 1. The normalized spacial score (nSPS) is 41.2. The van der Waals surface area contributed by atoms with Crippen molar-refractivity contribution in [1.29, 1.82) is 0 Å². The van der Waals surface area contributed by atoms with Gasteiger partial charge in [0, 0.05) is 36.2 Å². The van der Waals surface area contributed by atoms with Crippen LogP contribution in [0, 0.1) is 5.92 Å². The van der Waals surface area contributed by atoms with Gasteiger partial charge in [0.05, 0.1) is 0 Å². The van der Waals surface area contributed by atoms with Crippen LogP contribution in [-0.2, 0) is 0 Å². The van der Waals surface area contributed by atoms with Crippen LogP contribution < -0.4 is 5.32 Å². The van der Waals surface area contributed by atoms with Crippen molar-refractivity contribution in [1.82, 2.24) is 10.2 Å². The van der Waals surface area contributed by atoms with Gasteiger partial charge in [0.15, 0.2) is 0 Å². The lowest BCUT2D eigenvalue weighted by molar-refractivity contribution is 0.221. The lowest BCUT2D eigenvalue weighted by Gasteiger charge is -2.34. The molecule has 3 heteroatoms. The minimum Gasteiger partial charge on any atom is -0.311 e. The van der Waals surface area contributed by atoms with Gasteiger partial charge in [0.1, 0.15) is 0 Å². The Kier molecular flexibility index (Phi) is 4.53. The van der Waals surface area contributed by atoms with E-state index in [1.54, 1.807) is 0 Å². The summed E-state index contributed by atoms with van der Waals surface area (Å²) in [6, 6.07) is 1.74. The van der Waals surface area contributed by atoms with Gasteiger partial charge in [-0.25, -0.2) is 0 Å². The van der Waals surface area contributed by atoms with E-state index in [2.05, 4.69) is 28.9 Å². The zero-order valence-electron chi connectivity index (χ0n) is 11.7. The topological polar surface area (TPSA) is 15.3 Å². The van der Waals surface area contributed by atoms with Crippen molar-refractivity contribution in [2.45, 2.75) is 62.8 Å². The van der Waals surface area contributed by atoms with E-state index in [1.165, 1.54) is 63.9 Å². The van der Waals surface area contributed by atoms with Crippen LogP contribution in [-0.4, -0.2) is 47.6 Å². The minimum absolute atomic E-state index is 0.869. The largest absolute Gasteiger partial charge is 0.311 e. The zero-order chi connectivity index (χ0) is 12.4. The lowest BCUT2D eigenvalue weighted by Crippen LogP contribution is -2.41. The maximum absolute atomic E-state index is 3.76. The van der Waals surface area contributed by atoms with Crippen LogP contribution in [0.15, 0.2) is 0 Å². The van der Waals surface area contributed by atoms with Crippen molar-refractivity contribution in [2.75, 3.05) is 25.4 Å². The molecule has 0 aromatic rings. The molecular formula is C15H28N2S. The molecule has 3 aliphatic rings. The summed E-state index contributed by atoms with van der Waals surface area (Å²) < 4.78 is 0.